The standard InChI is InChI=1S/C23H31N5O5S/c1-17-20(22(30)26-23(25-17)27-12-14-33-15-13-27)8-9-21(29)24-16-18-4-6-19(7-5-18)34(31,32)28-10-2-3-11-28/h4-7H,2-3,8-16H2,1H3,(H,24,29)(H,25,26,30). The normalized spacial score (nSPS) is 17.1. The molecule has 2 aliphatic rings. The summed E-state index contributed by atoms with van der Waals surface area (Å²) in [6, 6.07) is 6.60. The molecule has 0 saturated carbocycles. The number of ether oxygens (including phenoxy) is 1. The molecular weight excluding hydrogens is 458 g/mol. The highest BCUT2D eigenvalue weighted by atomic mass is 32.2. The van der Waals surface area contributed by atoms with E-state index in [2.05, 4.69) is 15.3 Å². The molecule has 10 nitrogen and oxygen atoms in total. The summed E-state index contributed by atoms with van der Waals surface area (Å²) in [4.78, 5) is 34.5. The summed E-state index contributed by atoms with van der Waals surface area (Å²) in [7, 11) is -3.45. The van der Waals surface area contributed by atoms with Crippen LogP contribution >= 0.6 is 0 Å². The van der Waals surface area contributed by atoms with Crippen molar-refractivity contribution in [3.8, 4) is 0 Å². The van der Waals surface area contributed by atoms with Crippen molar-refractivity contribution in [2.24, 2.45) is 0 Å². The van der Waals surface area contributed by atoms with Gasteiger partial charge in [-0.05, 0) is 43.9 Å². The first-order chi connectivity index (χ1) is 16.3. The maximum Gasteiger partial charge on any atom is 0.255 e. The largest absolute Gasteiger partial charge is 0.378 e. The van der Waals surface area contributed by atoms with Crippen molar-refractivity contribution in [2.45, 2.75) is 44.0 Å². The van der Waals surface area contributed by atoms with Crippen molar-refractivity contribution in [1.29, 1.82) is 0 Å². The molecule has 2 N–H and O–H groups in total. The highest BCUT2D eigenvalue weighted by molar-refractivity contribution is 7.89. The summed E-state index contributed by atoms with van der Waals surface area (Å²) in [5.41, 5.74) is 1.70. The van der Waals surface area contributed by atoms with E-state index in [-0.39, 0.29) is 35.7 Å². The number of aromatic nitrogens is 2. The van der Waals surface area contributed by atoms with Gasteiger partial charge in [0.2, 0.25) is 21.9 Å². The van der Waals surface area contributed by atoms with Gasteiger partial charge >= 0.3 is 0 Å². The number of aromatic amines is 1. The number of hydrogen-bond acceptors (Lipinski definition) is 7. The van der Waals surface area contributed by atoms with Gasteiger partial charge in [-0.1, -0.05) is 12.1 Å². The molecule has 2 fully saturated rings. The van der Waals surface area contributed by atoms with Gasteiger partial charge in [0.1, 0.15) is 0 Å². The molecule has 0 atom stereocenters. The Morgan fingerprint density at radius 2 is 1.79 bits per heavy atom. The molecule has 2 aliphatic heterocycles. The van der Waals surface area contributed by atoms with Crippen molar-refractivity contribution in [1.82, 2.24) is 19.6 Å². The van der Waals surface area contributed by atoms with Crippen LogP contribution in [0.4, 0.5) is 5.95 Å². The number of carbonyl (C=O) groups is 1. The third-order valence-electron chi connectivity index (χ3n) is 6.24. The van der Waals surface area contributed by atoms with E-state index in [1.165, 1.54) is 4.31 Å². The van der Waals surface area contributed by atoms with Gasteiger partial charge in [-0.3, -0.25) is 14.6 Å². The molecule has 4 rings (SSSR count). The second-order valence-electron chi connectivity index (χ2n) is 8.58. The number of amides is 1. The number of benzene rings is 1. The fraction of sp³-hybridized carbons (Fsp3) is 0.522. The number of hydrogen-bond donors (Lipinski definition) is 2. The van der Waals surface area contributed by atoms with Gasteiger partial charge in [-0.2, -0.15) is 4.31 Å². The third kappa shape index (κ3) is 5.65. The van der Waals surface area contributed by atoms with E-state index in [1.807, 2.05) is 4.90 Å². The van der Waals surface area contributed by atoms with E-state index in [4.69, 9.17) is 4.74 Å². The van der Waals surface area contributed by atoms with Gasteiger partial charge in [0.15, 0.2) is 0 Å². The minimum atomic E-state index is -3.45. The zero-order valence-corrected chi connectivity index (χ0v) is 20.2. The zero-order valence-electron chi connectivity index (χ0n) is 19.4. The van der Waals surface area contributed by atoms with E-state index in [0.717, 1.165) is 18.4 Å². The monoisotopic (exact) mass is 489 g/mol. The van der Waals surface area contributed by atoms with Crippen LogP contribution in [0.1, 0.15) is 36.1 Å². The molecular formula is C23H31N5O5S. The quantitative estimate of drug-likeness (QED) is 0.566. The Morgan fingerprint density at radius 3 is 2.44 bits per heavy atom. The molecule has 0 radical (unpaired) electrons. The highest BCUT2D eigenvalue weighted by Crippen LogP contribution is 2.21. The molecule has 11 heteroatoms. The number of morpholine rings is 1. The van der Waals surface area contributed by atoms with Crippen molar-refractivity contribution in [3.05, 3.63) is 51.4 Å². The molecule has 0 spiro atoms. The van der Waals surface area contributed by atoms with Gasteiger partial charge in [-0.25, -0.2) is 13.4 Å². The predicted octanol–water partition coefficient (Wildman–Crippen LogP) is 0.948. The average molecular weight is 490 g/mol. The summed E-state index contributed by atoms with van der Waals surface area (Å²) < 4.78 is 32.1. The summed E-state index contributed by atoms with van der Waals surface area (Å²) in [6.45, 7) is 5.74. The van der Waals surface area contributed by atoms with E-state index in [0.29, 0.717) is 56.6 Å². The number of nitrogens with one attached hydrogen (secondary N) is 2. The molecule has 1 amide bonds. The van der Waals surface area contributed by atoms with Crippen LogP contribution in [0.3, 0.4) is 0 Å². The number of sulfonamides is 1. The SMILES string of the molecule is Cc1nc(N2CCOCC2)[nH]c(=O)c1CCC(=O)NCc1ccc(S(=O)(=O)N2CCCC2)cc1. The predicted molar refractivity (Wildman–Crippen MR) is 127 cm³/mol. The summed E-state index contributed by atoms with van der Waals surface area (Å²) in [6.07, 6.45) is 2.23. The molecule has 0 aliphatic carbocycles. The Labute approximate surface area is 199 Å². The average Bonchev–Trinajstić information content (AvgIpc) is 3.39. The number of anilines is 1. The Balaban J connectivity index is 1.29. The first kappa shape index (κ1) is 24.4. The lowest BCUT2D eigenvalue weighted by Crippen LogP contribution is -2.38. The van der Waals surface area contributed by atoms with E-state index in [9.17, 15) is 18.0 Å². The summed E-state index contributed by atoms with van der Waals surface area (Å²) >= 11 is 0. The number of rotatable bonds is 8. The van der Waals surface area contributed by atoms with Crippen LogP contribution in [-0.4, -0.2) is 68.0 Å². The minimum absolute atomic E-state index is 0.157. The number of carbonyl (C=O) groups excluding carboxylic acids is 1. The summed E-state index contributed by atoms with van der Waals surface area (Å²) in [5, 5.41) is 2.83. The molecule has 2 aromatic rings. The van der Waals surface area contributed by atoms with E-state index in [1.54, 1.807) is 31.2 Å². The molecule has 2 saturated heterocycles. The lowest BCUT2D eigenvalue weighted by atomic mass is 10.1. The molecule has 3 heterocycles. The van der Waals surface area contributed by atoms with Gasteiger partial charge in [0.05, 0.1) is 18.1 Å². The third-order valence-corrected chi connectivity index (χ3v) is 8.15. The first-order valence-corrected chi connectivity index (χ1v) is 13.1. The Hall–Kier alpha value is -2.76. The molecule has 184 valence electrons. The molecule has 0 unspecified atom stereocenters. The van der Waals surface area contributed by atoms with Crippen LogP contribution in [0.2, 0.25) is 0 Å². The van der Waals surface area contributed by atoms with Crippen LogP contribution < -0.4 is 15.8 Å². The number of nitrogens with zero attached hydrogens (tertiary/aromatic N) is 3. The van der Waals surface area contributed by atoms with E-state index < -0.39 is 10.0 Å². The fourth-order valence-electron chi connectivity index (χ4n) is 4.20. The smallest absolute Gasteiger partial charge is 0.255 e. The van der Waals surface area contributed by atoms with Crippen LogP contribution in [0.25, 0.3) is 0 Å². The van der Waals surface area contributed by atoms with Crippen molar-refractivity contribution in [3.63, 3.8) is 0 Å². The van der Waals surface area contributed by atoms with Crippen LogP contribution in [0, 0.1) is 6.92 Å². The van der Waals surface area contributed by atoms with Crippen molar-refractivity contribution >= 4 is 21.9 Å². The second-order valence-corrected chi connectivity index (χ2v) is 10.5. The summed E-state index contributed by atoms with van der Waals surface area (Å²) in [5.74, 6) is 0.346. The van der Waals surface area contributed by atoms with Gasteiger partial charge < -0.3 is 15.0 Å². The van der Waals surface area contributed by atoms with Crippen LogP contribution in [0.5, 0.6) is 0 Å². The van der Waals surface area contributed by atoms with Gasteiger partial charge in [-0.15, -0.1) is 0 Å². The van der Waals surface area contributed by atoms with Crippen LogP contribution in [0.15, 0.2) is 34.0 Å². The molecule has 0 bridgehead atoms. The van der Waals surface area contributed by atoms with Gasteiger partial charge in [0, 0.05) is 50.4 Å². The van der Waals surface area contributed by atoms with Crippen molar-refractivity contribution in [2.75, 3.05) is 44.3 Å². The van der Waals surface area contributed by atoms with Crippen LogP contribution in [-0.2, 0) is 32.5 Å². The number of aryl methyl sites for hydroxylation is 1. The highest BCUT2D eigenvalue weighted by Gasteiger charge is 2.26. The van der Waals surface area contributed by atoms with E-state index >= 15 is 0 Å². The molecule has 1 aromatic carbocycles. The van der Waals surface area contributed by atoms with Gasteiger partial charge in [0.25, 0.3) is 5.56 Å². The lowest BCUT2D eigenvalue weighted by Gasteiger charge is -2.27. The first-order valence-electron chi connectivity index (χ1n) is 11.6. The second kappa shape index (κ2) is 10.7. The fourth-order valence-corrected chi connectivity index (χ4v) is 5.72. The Bertz CT molecular complexity index is 1170. The lowest BCUT2D eigenvalue weighted by molar-refractivity contribution is -0.121. The topological polar surface area (TPSA) is 125 Å². The zero-order chi connectivity index (χ0) is 24.1. The number of H-pyrrole nitrogens is 1. The molecule has 34 heavy (non-hydrogen) atoms. The van der Waals surface area contributed by atoms with Crippen molar-refractivity contribution < 1.29 is 17.9 Å². The Kier molecular flexibility index (Phi) is 7.64. The maximum atomic E-state index is 12.6. The molecule has 1 aromatic heterocycles. The maximum absolute atomic E-state index is 12.6. The Morgan fingerprint density at radius 1 is 1.12 bits per heavy atom. The minimum Gasteiger partial charge on any atom is -0.378 e.